The molecular weight excluding hydrogens is 410 g/mol. The van der Waals surface area contributed by atoms with Crippen LogP contribution in [-0.4, -0.2) is 5.66 Å². The molecule has 0 aliphatic heterocycles. The predicted molar refractivity (Wildman–Crippen MR) is 143 cm³/mol. The molecule has 0 bridgehead atoms. The van der Waals surface area contributed by atoms with Crippen molar-refractivity contribution >= 4 is 17.6 Å². The van der Waals surface area contributed by atoms with Crippen LogP contribution in [0.4, 0.5) is 5.69 Å². The molecule has 1 unspecified atom stereocenters. The molecule has 0 saturated heterocycles. The molecule has 0 amide bonds. The molecule has 0 heterocycles. The second kappa shape index (κ2) is 12.7. The summed E-state index contributed by atoms with van der Waals surface area (Å²) in [7, 11) is 0. The normalized spacial score (nSPS) is 15.1. The maximum Gasteiger partial charge on any atom is 0.0610 e. The first-order chi connectivity index (χ1) is 15.1. The summed E-state index contributed by atoms with van der Waals surface area (Å²) in [6, 6.07) is 14.9. The van der Waals surface area contributed by atoms with E-state index in [1.54, 1.807) is 11.9 Å². The fourth-order valence-electron chi connectivity index (χ4n) is 3.36. The van der Waals surface area contributed by atoms with Crippen LogP contribution in [0.3, 0.4) is 0 Å². The topological polar surface area (TPSA) is 64.1 Å². The third kappa shape index (κ3) is 10.4. The molecule has 4 heteroatoms. The van der Waals surface area contributed by atoms with Gasteiger partial charge in [-0.2, -0.15) is 0 Å². The molecule has 0 spiro atoms. The highest BCUT2D eigenvalue weighted by Gasteiger charge is 2.13. The van der Waals surface area contributed by atoms with Crippen molar-refractivity contribution in [3.05, 3.63) is 95.6 Å². The standard InChI is InChI=1S/C18H25N3S.C10H14/c1-13-5-8-16(9-6-13)22-21-17-12-14(2)4-7-15(17)10-11-18(3,19)20;1-9(2)8-10-6-4-3-5-7-10/h4-9,12,21H,10-11,19-20H2,1-3H3;3-6,10H,1,7-8H2,2H3. The van der Waals surface area contributed by atoms with Crippen molar-refractivity contribution in [3.8, 4) is 0 Å². The first kappa shape index (κ1) is 26.0. The molecule has 32 heavy (non-hydrogen) atoms. The Morgan fingerprint density at radius 2 is 1.78 bits per heavy atom. The lowest BCUT2D eigenvalue weighted by atomic mass is 9.94. The molecule has 2 aromatic carbocycles. The van der Waals surface area contributed by atoms with Crippen molar-refractivity contribution in [2.24, 2.45) is 17.4 Å². The highest BCUT2D eigenvalue weighted by molar-refractivity contribution is 8.00. The van der Waals surface area contributed by atoms with Crippen LogP contribution in [0.5, 0.6) is 0 Å². The van der Waals surface area contributed by atoms with Gasteiger partial charge in [-0.05, 0) is 101 Å². The van der Waals surface area contributed by atoms with E-state index >= 15 is 0 Å². The van der Waals surface area contributed by atoms with E-state index in [4.69, 9.17) is 11.5 Å². The largest absolute Gasteiger partial charge is 0.325 e. The molecule has 0 fully saturated rings. The van der Waals surface area contributed by atoms with Crippen molar-refractivity contribution in [1.29, 1.82) is 0 Å². The smallest absolute Gasteiger partial charge is 0.0610 e. The van der Waals surface area contributed by atoms with Crippen molar-refractivity contribution in [2.45, 2.75) is 63.9 Å². The summed E-state index contributed by atoms with van der Waals surface area (Å²) in [5.74, 6) is 0.711. The number of hydrogen-bond acceptors (Lipinski definition) is 4. The summed E-state index contributed by atoms with van der Waals surface area (Å²) in [5, 5.41) is 0. The fourth-order valence-corrected chi connectivity index (χ4v) is 4.05. The average Bonchev–Trinajstić information content (AvgIpc) is 2.73. The minimum atomic E-state index is -0.633. The zero-order valence-corrected chi connectivity index (χ0v) is 20.8. The lowest BCUT2D eigenvalue weighted by Gasteiger charge is -2.20. The molecule has 1 aliphatic rings. The van der Waals surface area contributed by atoms with Crippen LogP contribution in [0.1, 0.15) is 49.8 Å². The Labute approximate surface area is 199 Å². The number of hydrogen-bond donors (Lipinski definition) is 3. The Morgan fingerprint density at radius 1 is 1.09 bits per heavy atom. The summed E-state index contributed by atoms with van der Waals surface area (Å²) in [6.07, 6.45) is 12.6. The quantitative estimate of drug-likeness (QED) is 0.229. The monoisotopic (exact) mass is 449 g/mol. The van der Waals surface area contributed by atoms with Gasteiger partial charge >= 0.3 is 0 Å². The zero-order valence-electron chi connectivity index (χ0n) is 20.0. The first-order valence-corrected chi connectivity index (χ1v) is 12.1. The Balaban J connectivity index is 0.000000303. The Kier molecular flexibility index (Phi) is 10.3. The van der Waals surface area contributed by atoms with Crippen LogP contribution < -0.4 is 16.2 Å². The van der Waals surface area contributed by atoms with E-state index < -0.39 is 5.66 Å². The molecule has 172 valence electrons. The summed E-state index contributed by atoms with van der Waals surface area (Å²) in [4.78, 5) is 1.19. The third-order valence-corrected chi connectivity index (χ3v) is 6.01. The molecule has 3 rings (SSSR count). The molecule has 0 radical (unpaired) electrons. The van der Waals surface area contributed by atoms with E-state index in [9.17, 15) is 0 Å². The molecule has 0 aromatic heterocycles. The second-order valence-electron chi connectivity index (χ2n) is 9.15. The Hall–Kier alpha value is -2.27. The molecule has 1 atom stereocenters. The average molecular weight is 450 g/mol. The number of aryl methyl sites for hydroxylation is 3. The maximum absolute atomic E-state index is 5.89. The molecular formula is C28H39N3S. The number of nitrogens with two attached hydrogens (primary N) is 2. The van der Waals surface area contributed by atoms with Crippen LogP contribution in [-0.2, 0) is 6.42 Å². The van der Waals surface area contributed by atoms with E-state index in [0.29, 0.717) is 5.92 Å². The van der Waals surface area contributed by atoms with Gasteiger partial charge in [-0.15, -0.1) is 6.58 Å². The molecule has 3 nitrogen and oxygen atoms in total. The van der Waals surface area contributed by atoms with E-state index in [1.165, 1.54) is 33.6 Å². The van der Waals surface area contributed by atoms with Gasteiger partial charge in [-0.25, -0.2) is 0 Å². The summed E-state index contributed by atoms with van der Waals surface area (Å²) < 4.78 is 3.46. The number of nitrogens with one attached hydrogen (secondary N) is 1. The highest BCUT2D eigenvalue weighted by Crippen LogP contribution is 2.27. The van der Waals surface area contributed by atoms with Crippen LogP contribution in [0.25, 0.3) is 0 Å². The van der Waals surface area contributed by atoms with Gasteiger partial charge in [-0.3, -0.25) is 0 Å². The lowest BCUT2D eigenvalue weighted by molar-refractivity contribution is 0.451. The molecule has 2 aromatic rings. The van der Waals surface area contributed by atoms with E-state index in [2.05, 4.69) is 98.8 Å². The number of allylic oxidation sites excluding steroid dienone is 5. The van der Waals surface area contributed by atoms with Gasteiger partial charge in [0.25, 0.3) is 0 Å². The van der Waals surface area contributed by atoms with Gasteiger partial charge in [0, 0.05) is 10.6 Å². The predicted octanol–water partition coefficient (Wildman–Crippen LogP) is 7.07. The van der Waals surface area contributed by atoms with Crippen LogP contribution >= 0.6 is 11.9 Å². The first-order valence-electron chi connectivity index (χ1n) is 11.3. The minimum absolute atomic E-state index is 0.633. The SMILES string of the molecule is C=C(C)CC1C=CC=CC1.Cc1ccc(SNc2cc(C)ccc2CCC(C)(N)N)cc1. The van der Waals surface area contributed by atoms with Gasteiger partial charge < -0.3 is 16.2 Å². The third-order valence-electron chi connectivity index (χ3n) is 5.18. The fraction of sp³-hybridized carbons (Fsp3) is 0.357. The van der Waals surface area contributed by atoms with Crippen molar-refractivity contribution in [3.63, 3.8) is 0 Å². The summed E-state index contributed by atoms with van der Waals surface area (Å²) >= 11 is 1.63. The molecule has 5 N–H and O–H groups in total. The van der Waals surface area contributed by atoms with Gasteiger partial charge in [0.15, 0.2) is 0 Å². The van der Waals surface area contributed by atoms with Crippen molar-refractivity contribution < 1.29 is 0 Å². The maximum atomic E-state index is 5.89. The Bertz CT molecular complexity index is 921. The lowest BCUT2D eigenvalue weighted by Crippen LogP contribution is -2.46. The van der Waals surface area contributed by atoms with E-state index in [0.717, 1.165) is 24.9 Å². The number of rotatable bonds is 8. The number of benzene rings is 2. The van der Waals surface area contributed by atoms with Gasteiger partial charge in [0.05, 0.1) is 5.66 Å². The minimum Gasteiger partial charge on any atom is -0.325 e. The van der Waals surface area contributed by atoms with Crippen molar-refractivity contribution in [2.75, 3.05) is 4.72 Å². The van der Waals surface area contributed by atoms with E-state index in [1.807, 2.05) is 6.92 Å². The van der Waals surface area contributed by atoms with Crippen LogP contribution in [0.2, 0.25) is 0 Å². The highest BCUT2D eigenvalue weighted by atomic mass is 32.2. The van der Waals surface area contributed by atoms with Crippen molar-refractivity contribution in [1.82, 2.24) is 0 Å². The second-order valence-corrected chi connectivity index (χ2v) is 10.0. The number of anilines is 1. The van der Waals surface area contributed by atoms with Gasteiger partial charge in [0.2, 0.25) is 0 Å². The van der Waals surface area contributed by atoms with Gasteiger partial charge in [0.1, 0.15) is 0 Å². The Morgan fingerprint density at radius 3 is 2.38 bits per heavy atom. The van der Waals surface area contributed by atoms with Crippen LogP contribution in [0.15, 0.2) is 83.8 Å². The van der Waals surface area contributed by atoms with E-state index in [-0.39, 0.29) is 0 Å². The zero-order chi connectivity index (χ0) is 23.6. The van der Waals surface area contributed by atoms with Gasteiger partial charge in [-0.1, -0.05) is 59.7 Å². The summed E-state index contributed by atoms with van der Waals surface area (Å²) in [5.41, 5.74) is 17.3. The molecule has 1 aliphatic carbocycles. The van der Waals surface area contributed by atoms with Crippen LogP contribution in [0, 0.1) is 19.8 Å². The molecule has 0 saturated carbocycles. The summed E-state index contributed by atoms with van der Waals surface area (Å²) in [6.45, 7) is 12.0.